The predicted octanol–water partition coefficient (Wildman–Crippen LogP) is 1.68. The predicted molar refractivity (Wildman–Crippen MR) is 131 cm³/mol. The van der Waals surface area contributed by atoms with Gasteiger partial charge in [0.15, 0.2) is 0 Å². The van der Waals surface area contributed by atoms with Crippen molar-refractivity contribution in [1.29, 1.82) is 0 Å². The third-order valence-electron chi connectivity index (χ3n) is 4.97. The van der Waals surface area contributed by atoms with Crippen molar-refractivity contribution in [2.45, 2.75) is 19.4 Å². The third-order valence-corrected chi connectivity index (χ3v) is 5.61. The number of carbonyl (C=O) groups excluding carboxylic acids is 1. The van der Waals surface area contributed by atoms with Gasteiger partial charge in [0.1, 0.15) is 6.04 Å². The first-order valence-electron chi connectivity index (χ1n) is 10.2. The van der Waals surface area contributed by atoms with Crippen LogP contribution >= 0.6 is 11.8 Å². The molecular formula is C25H26LiN3O3S. The summed E-state index contributed by atoms with van der Waals surface area (Å²) < 4.78 is 0. The number of hydrogen-bond donors (Lipinski definition) is 2. The molecule has 3 aromatic rings. The molecule has 166 valence electrons. The molecule has 0 spiro atoms. The zero-order valence-electron chi connectivity index (χ0n) is 20.0. The average molecular weight is 456 g/mol. The molecular weight excluding hydrogens is 429 g/mol. The molecule has 3 rings (SSSR count). The van der Waals surface area contributed by atoms with Crippen LogP contribution in [0.1, 0.15) is 35.0 Å². The molecule has 1 atom stereocenters. The fraction of sp³-hybridized carbons (Fsp3) is 0.200. The van der Waals surface area contributed by atoms with E-state index in [1.807, 2.05) is 61.7 Å². The number of benzene rings is 2. The van der Waals surface area contributed by atoms with Gasteiger partial charge in [-0.25, -0.2) is 4.79 Å². The van der Waals surface area contributed by atoms with Crippen molar-refractivity contribution in [3.05, 3.63) is 83.4 Å². The Kier molecular flexibility index (Phi) is 10.4. The smallest absolute Gasteiger partial charge is 1.00 e. The number of hydrogen-bond acceptors (Lipinski definition) is 5. The van der Waals surface area contributed by atoms with Gasteiger partial charge in [-0.15, -0.1) is 0 Å². The van der Waals surface area contributed by atoms with Crippen LogP contribution in [0.25, 0.3) is 23.3 Å². The van der Waals surface area contributed by atoms with Gasteiger partial charge in [-0.1, -0.05) is 36.4 Å². The minimum Gasteiger partial charge on any atom is -1.00 e. The Morgan fingerprint density at radius 1 is 1.15 bits per heavy atom. The number of nitrogens with zero attached hydrogens (tertiary/aromatic N) is 2. The zero-order chi connectivity index (χ0) is 22.9. The minimum absolute atomic E-state index is 0. The summed E-state index contributed by atoms with van der Waals surface area (Å²) in [5.74, 6) is -0.789. The summed E-state index contributed by atoms with van der Waals surface area (Å²) in [6.07, 6.45) is 10.9. The second kappa shape index (κ2) is 13.0. The molecule has 1 aromatic heterocycles. The summed E-state index contributed by atoms with van der Waals surface area (Å²) in [6, 6.07) is 12.4. The SMILES string of the molecule is CSCCC(NC(=O)c1ccc(C=Cc2cnccn2)cc1-c1ccccc1C)C(=O)O.[H-].[Li+]. The van der Waals surface area contributed by atoms with Gasteiger partial charge in [0.25, 0.3) is 5.91 Å². The fourth-order valence-corrected chi connectivity index (χ4v) is 3.74. The molecule has 0 bridgehead atoms. The van der Waals surface area contributed by atoms with Crippen molar-refractivity contribution >= 4 is 35.8 Å². The summed E-state index contributed by atoms with van der Waals surface area (Å²) >= 11 is 1.55. The van der Waals surface area contributed by atoms with Gasteiger partial charge >= 0.3 is 24.8 Å². The molecule has 0 saturated carbocycles. The summed E-state index contributed by atoms with van der Waals surface area (Å²) in [5, 5.41) is 12.2. The Hall–Kier alpha value is -2.85. The number of aliphatic carboxylic acids is 1. The number of carboxylic acids is 1. The van der Waals surface area contributed by atoms with Crippen LogP contribution in [0, 0.1) is 6.92 Å². The van der Waals surface area contributed by atoms with E-state index in [9.17, 15) is 14.7 Å². The molecule has 0 aliphatic carbocycles. The van der Waals surface area contributed by atoms with Crippen LogP contribution in [-0.4, -0.2) is 45.0 Å². The topological polar surface area (TPSA) is 92.2 Å². The monoisotopic (exact) mass is 455 g/mol. The molecule has 1 amide bonds. The van der Waals surface area contributed by atoms with Gasteiger partial charge < -0.3 is 11.8 Å². The van der Waals surface area contributed by atoms with E-state index in [0.717, 1.165) is 27.9 Å². The Balaban J connectivity index is 0.00000289. The molecule has 2 N–H and O–H groups in total. The Morgan fingerprint density at radius 2 is 1.94 bits per heavy atom. The molecule has 2 aromatic carbocycles. The molecule has 0 saturated heterocycles. The number of aryl methyl sites for hydroxylation is 1. The van der Waals surface area contributed by atoms with Crippen molar-refractivity contribution in [1.82, 2.24) is 15.3 Å². The van der Waals surface area contributed by atoms with Crippen LogP contribution in [0.15, 0.2) is 61.1 Å². The second-order valence-corrected chi connectivity index (χ2v) is 8.21. The molecule has 1 unspecified atom stereocenters. The van der Waals surface area contributed by atoms with Gasteiger partial charge in [0.2, 0.25) is 0 Å². The number of thioether (sulfide) groups is 1. The standard InChI is InChI=1S/C25H25N3O3S.Li.H/c1-17-5-3-4-6-20(17)22-15-18(7-9-19-16-26-12-13-27-19)8-10-21(22)24(29)28-23(25(30)31)11-14-32-2;;/h3-10,12-13,15-16,23H,11,14H2,1-2H3,(H,28,29)(H,30,31);;/q;+1;-1. The van der Waals surface area contributed by atoms with Gasteiger partial charge in [-0.05, 0) is 65.8 Å². The van der Waals surface area contributed by atoms with E-state index in [4.69, 9.17) is 0 Å². The number of nitrogens with one attached hydrogen (secondary N) is 1. The van der Waals surface area contributed by atoms with Crippen LogP contribution in [0.2, 0.25) is 0 Å². The van der Waals surface area contributed by atoms with E-state index >= 15 is 0 Å². The Labute approximate surface area is 211 Å². The second-order valence-electron chi connectivity index (χ2n) is 7.23. The first-order chi connectivity index (χ1) is 15.5. The fourth-order valence-electron chi connectivity index (χ4n) is 3.27. The molecule has 1 heterocycles. The van der Waals surface area contributed by atoms with Gasteiger partial charge in [0.05, 0.1) is 11.9 Å². The van der Waals surface area contributed by atoms with Crippen molar-refractivity contribution in [3.8, 4) is 11.1 Å². The number of rotatable bonds is 9. The van der Waals surface area contributed by atoms with E-state index in [1.54, 1.807) is 36.4 Å². The quantitative estimate of drug-likeness (QED) is 0.477. The largest absolute Gasteiger partial charge is 1.00 e. The Morgan fingerprint density at radius 3 is 2.61 bits per heavy atom. The van der Waals surface area contributed by atoms with Crippen LogP contribution in [0.3, 0.4) is 0 Å². The molecule has 0 aliphatic rings. The minimum atomic E-state index is -1.03. The number of carboxylic acid groups (broad SMARTS) is 1. The van der Waals surface area contributed by atoms with E-state index < -0.39 is 17.9 Å². The summed E-state index contributed by atoms with van der Waals surface area (Å²) in [5.41, 5.74) is 4.74. The van der Waals surface area contributed by atoms with E-state index in [2.05, 4.69) is 15.3 Å². The maximum atomic E-state index is 13.1. The summed E-state index contributed by atoms with van der Waals surface area (Å²) in [4.78, 5) is 33.0. The average Bonchev–Trinajstić information content (AvgIpc) is 2.81. The first-order valence-corrected chi connectivity index (χ1v) is 11.6. The zero-order valence-corrected chi connectivity index (χ0v) is 19.8. The van der Waals surface area contributed by atoms with Crippen LogP contribution in [0.4, 0.5) is 0 Å². The number of aromatic nitrogens is 2. The first kappa shape index (κ1) is 26.4. The van der Waals surface area contributed by atoms with E-state index in [0.29, 0.717) is 17.7 Å². The molecule has 0 fully saturated rings. The van der Waals surface area contributed by atoms with E-state index in [1.165, 1.54) is 0 Å². The third kappa shape index (κ3) is 7.33. The molecule has 33 heavy (non-hydrogen) atoms. The van der Waals surface area contributed by atoms with Crippen molar-refractivity contribution in [2.75, 3.05) is 12.0 Å². The van der Waals surface area contributed by atoms with Crippen molar-refractivity contribution in [3.63, 3.8) is 0 Å². The van der Waals surface area contributed by atoms with Crippen molar-refractivity contribution < 1.29 is 35.0 Å². The van der Waals surface area contributed by atoms with Crippen LogP contribution in [0.5, 0.6) is 0 Å². The van der Waals surface area contributed by atoms with Gasteiger partial charge in [-0.3, -0.25) is 14.8 Å². The maximum absolute atomic E-state index is 13.1. The van der Waals surface area contributed by atoms with Gasteiger partial charge in [-0.2, -0.15) is 11.8 Å². The van der Waals surface area contributed by atoms with E-state index in [-0.39, 0.29) is 20.3 Å². The molecule has 8 heteroatoms. The Bertz CT molecular complexity index is 1130. The molecule has 0 radical (unpaired) electrons. The molecule has 0 aliphatic heterocycles. The van der Waals surface area contributed by atoms with Crippen LogP contribution < -0.4 is 24.2 Å². The number of carbonyl (C=O) groups is 2. The summed E-state index contributed by atoms with van der Waals surface area (Å²) in [6.45, 7) is 1.98. The number of amides is 1. The normalized spacial score (nSPS) is 11.6. The van der Waals surface area contributed by atoms with Gasteiger partial charge in [0, 0.05) is 18.0 Å². The van der Waals surface area contributed by atoms with Crippen molar-refractivity contribution in [2.24, 2.45) is 0 Å². The maximum Gasteiger partial charge on any atom is 1.00 e. The summed E-state index contributed by atoms with van der Waals surface area (Å²) in [7, 11) is 0. The van der Waals surface area contributed by atoms with Crippen LogP contribution in [-0.2, 0) is 4.79 Å². The molecule has 6 nitrogen and oxygen atoms in total.